The zero-order chi connectivity index (χ0) is 19.0. The van der Waals surface area contributed by atoms with E-state index in [2.05, 4.69) is 49.5 Å². The molecule has 2 amide bonds. The molecule has 0 bridgehead atoms. The van der Waals surface area contributed by atoms with Crippen LogP contribution >= 0.6 is 22.6 Å². The number of anilines is 1. The van der Waals surface area contributed by atoms with Gasteiger partial charge in [-0.05, 0) is 46.9 Å². The van der Waals surface area contributed by atoms with Crippen LogP contribution in [0.15, 0.2) is 36.4 Å². The van der Waals surface area contributed by atoms with Crippen LogP contribution in [0, 0.1) is 3.57 Å². The zero-order valence-electron chi connectivity index (χ0n) is 15.3. The number of piperazine rings is 1. The number of hydrogen-bond donors (Lipinski definition) is 1. The highest BCUT2D eigenvalue weighted by molar-refractivity contribution is 14.1. The van der Waals surface area contributed by atoms with Crippen LogP contribution in [0.4, 0.5) is 10.6 Å². The first-order chi connectivity index (χ1) is 13.1. The number of carbonyl (C=O) groups is 1. The number of aryl methyl sites for hydroxylation is 1. The predicted molar refractivity (Wildman–Crippen MR) is 115 cm³/mol. The number of benzene rings is 1. The first-order valence-corrected chi connectivity index (χ1v) is 9.96. The molecule has 1 aliphatic rings. The van der Waals surface area contributed by atoms with E-state index in [0.29, 0.717) is 13.1 Å². The maximum atomic E-state index is 11.8. The molecule has 1 aliphatic heterocycles. The molecular weight excluding hydrogens is 455 g/mol. The second kappa shape index (κ2) is 7.34. The van der Waals surface area contributed by atoms with Gasteiger partial charge in [0.15, 0.2) is 5.82 Å². The topological polar surface area (TPSA) is 66.3 Å². The minimum Gasteiger partial charge on any atom is -0.353 e. The van der Waals surface area contributed by atoms with Crippen LogP contribution < -0.4 is 10.2 Å². The molecule has 7 nitrogen and oxygen atoms in total. The van der Waals surface area contributed by atoms with Gasteiger partial charge in [0.25, 0.3) is 0 Å². The molecule has 0 aliphatic carbocycles. The highest BCUT2D eigenvalue weighted by Gasteiger charge is 2.22. The summed E-state index contributed by atoms with van der Waals surface area (Å²) in [6.07, 6.45) is 0. The second-order valence-electron chi connectivity index (χ2n) is 6.51. The Balaban J connectivity index is 1.64. The molecule has 0 atom stereocenters. The van der Waals surface area contributed by atoms with Gasteiger partial charge in [0, 0.05) is 43.8 Å². The number of urea groups is 1. The lowest BCUT2D eigenvalue weighted by atomic mass is 10.3. The molecule has 8 heteroatoms. The van der Waals surface area contributed by atoms with Crippen molar-refractivity contribution in [3.63, 3.8) is 0 Å². The van der Waals surface area contributed by atoms with Gasteiger partial charge in [-0.15, -0.1) is 0 Å². The Kier molecular flexibility index (Phi) is 4.90. The SMILES string of the molecule is CNC(=O)N1CCN(c2ccc(I)c(-c3nc4ccccc4n3C)n2)CC1. The Bertz CT molecular complexity index is 993. The minimum absolute atomic E-state index is 0.0226. The monoisotopic (exact) mass is 476 g/mol. The fourth-order valence-corrected chi connectivity index (χ4v) is 3.96. The maximum absolute atomic E-state index is 11.8. The van der Waals surface area contributed by atoms with Crippen LogP contribution in [0.2, 0.25) is 0 Å². The third-order valence-corrected chi connectivity index (χ3v) is 5.81. The normalized spacial score (nSPS) is 14.6. The summed E-state index contributed by atoms with van der Waals surface area (Å²) in [4.78, 5) is 25.6. The van der Waals surface area contributed by atoms with E-state index in [1.807, 2.05) is 36.2 Å². The smallest absolute Gasteiger partial charge is 0.317 e. The molecule has 3 heterocycles. The van der Waals surface area contributed by atoms with Gasteiger partial charge in [-0.25, -0.2) is 14.8 Å². The van der Waals surface area contributed by atoms with E-state index in [4.69, 9.17) is 9.97 Å². The summed E-state index contributed by atoms with van der Waals surface area (Å²) in [7, 11) is 3.69. The lowest BCUT2D eigenvalue weighted by molar-refractivity contribution is 0.196. The highest BCUT2D eigenvalue weighted by atomic mass is 127. The van der Waals surface area contributed by atoms with E-state index in [1.54, 1.807) is 7.05 Å². The van der Waals surface area contributed by atoms with Crippen LogP contribution in [0.5, 0.6) is 0 Å². The predicted octanol–water partition coefficient (Wildman–Crippen LogP) is 2.70. The Morgan fingerprint density at radius 3 is 2.52 bits per heavy atom. The number of amides is 2. The van der Waals surface area contributed by atoms with Crippen molar-refractivity contribution >= 4 is 45.5 Å². The molecule has 3 aromatic rings. The third kappa shape index (κ3) is 3.33. The van der Waals surface area contributed by atoms with Gasteiger partial charge < -0.3 is 19.7 Å². The third-order valence-electron chi connectivity index (χ3n) is 4.93. The number of pyridine rings is 1. The van der Waals surface area contributed by atoms with Crippen molar-refractivity contribution in [2.45, 2.75) is 0 Å². The average Bonchev–Trinajstić information content (AvgIpc) is 3.04. The van der Waals surface area contributed by atoms with Crippen LogP contribution in [0.25, 0.3) is 22.6 Å². The molecule has 140 valence electrons. The second-order valence-corrected chi connectivity index (χ2v) is 7.67. The number of aromatic nitrogens is 3. The summed E-state index contributed by atoms with van der Waals surface area (Å²) in [5, 5.41) is 2.69. The number of imidazole rings is 1. The van der Waals surface area contributed by atoms with Crippen LogP contribution in [-0.2, 0) is 7.05 Å². The molecule has 0 unspecified atom stereocenters. The summed E-state index contributed by atoms with van der Waals surface area (Å²) in [6, 6.07) is 12.2. The van der Waals surface area contributed by atoms with Gasteiger partial charge in [0.2, 0.25) is 0 Å². The average molecular weight is 476 g/mol. The molecule has 0 saturated carbocycles. The summed E-state index contributed by atoms with van der Waals surface area (Å²) < 4.78 is 3.16. The van der Waals surface area contributed by atoms with Gasteiger partial charge in [0.1, 0.15) is 11.5 Å². The Morgan fingerprint density at radius 2 is 1.81 bits per heavy atom. The molecule has 1 N–H and O–H groups in total. The highest BCUT2D eigenvalue weighted by Crippen LogP contribution is 2.28. The van der Waals surface area contributed by atoms with Gasteiger partial charge in [-0.1, -0.05) is 12.1 Å². The number of hydrogen-bond acceptors (Lipinski definition) is 4. The van der Waals surface area contributed by atoms with Crippen molar-refractivity contribution in [2.75, 3.05) is 38.1 Å². The summed E-state index contributed by atoms with van der Waals surface area (Å²) in [5.74, 6) is 1.79. The van der Waals surface area contributed by atoms with E-state index in [0.717, 1.165) is 45.0 Å². The Labute approximate surface area is 171 Å². The quantitative estimate of drug-likeness (QED) is 0.578. The number of nitrogens with zero attached hydrogens (tertiary/aromatic N) is 5. The first kappa shape index (κ1) is 18.0. The van der Waals surface area contributed by atoms with E-state index >= 15 is 0 Å². The van der Waals surface area contributed by atoms with E-state index < -0.39 is 0 Å². The van der Waals surface area contributed by atoms with Crippen molar-refractivity contribution in [3.8, 4) is 11.5 Å². The molecule has 4 rings (SSSR count). The number of rotatable bonds is 2. The fourth-order valence-electron chi connectivity index (χ4n) is 3.42. The number of para-hydroxylation sites is 2. The van der Waals surface area contributed by atoms with Gasteiger partial charge in [0.05, 0.1) is 11.0 Å². The number of halogens is 1. The fraction of sp³-hybridized carbons (Fsp3) is 0.316. The molecule has 1 aromatic carbocycles. The summed E-state index contributed by atoms with van der Waals surface area (Å²) in [5.41, 5.74) is 2.95. The van der Waals surface area contributed by atoms with Gasteiger partial charge in [-0.2, -0.15) is 0 Å². The standard InChI is InChI=1S/C19H21IN6O/c1-21-19(27)26-11-9-25(10-12-26)16-8-7-13(20)17(23-16)18-22-14-5-3-4-6-15(14)24(18)2/h3-8H,9-12H2,1-2H3,(H,21,27). The van der Waals surface area contributed by atoms with E-state index in [-0.39, 0.29) is 6.03 Å². The summed E-state index contributed by atoms with van der Waals surface area (Å²) >= 11 is 2.31. The van der Waals surface area contributed by atoms with Crippen molar-refractivity contribution in [2.24, 2.45) is 7.05 Å². The minimum atomic E-state index is -0.0226. The number of fused-ring (bicyclic) bond motifs is 1. The van der Waals surface area contributed by atoms with Crippen LogP contribution in [-0.4, -0.2) is 58.7 Å². The van der Waals surface area contributed by atoms with Gasteiger partial charge >= 0.3 is 6.03 Å². The van der Waals surface area contributed by atoms with Crippen molar-refractivity contribution in [1.29, 1.82) is 0 Å². The Morgan fingerprint density at radius 1 is 1.07 bits per heavy atom. The first-order valence-electron chi connectivity index (χ1n) is 8.88. The van der Waals surface area contributed by atoms with Crippen LogP contribution in [0.1, 0.15) is 0 Å². The molecule has 0 radical (unpaired) electrons. The molecular formula is C19H21IN6O. The number of carbonyl (C=O) groups excluding carboxylic acids is 1. The largest absolute Gasteiger partial charge is 0.353 e. The Hall–Kier alpha value is -2.36. The van der Waals surface area contributed by atoms with E-state index in [9.17, 15) is 4.79 Å². The zero-order valence-corrected chi connectivity index (χ0v) is 17.5. The maximum Gasteiger partial charge on any atom is 0.317 e. The molecule has 27 heavy (non-hydrogen) atoms. The molecule has 2 aromatic heterocycles. The van der Waals surface area contributed by atoms with Crippen LogP contribution in [0.3, 0.4) is 0 Å². The summed E-state index contributed by atoms with van der Waals surface area (Å²) in [6.45, 7) is 2.91. The molecule has 1 saturated heterocycles. The van der Waals surface area contributed by atoms with Crippen molar-refractivity contribution in [3.05, 3.63) is 40.0 Å². The molecule has 1 fully saturated rings. The lowest BCUT2D eigenvalue weighted by Gasteiger charge is -2.35. The van der Waals surface area contributed by atoms with Gasteiger partial charge in [-0.3, -0.25) is 0 Å². The molecule has 0 spiro atoms. The lowest BCUT2D eigenvalue weighted by Crippen LogP contribution is -2.51. The number of nitrogens with one attached hydrogen (secondary N) is 1. The van der Waals surface area contributed by atoms with Crippen molar-refractivity contribution < 1.29 is 4.79 Å². The van der Waals surface area contributed by atoms with E-state index in [1.165, 1.54) is 0 Å². The van der Waals surface area contributed by atoms with Crippen molar-refractivity contribution in [1.82, 2.24) is 24.8 Å².